The van der Waals surface area contributed by atoms with Crippen LogP contribution >= 0.6 is 23.2 Å². The number of carbonyl (C=O) groups excluding carboxylic acids is 1. The second kappa shape index (κ2) is 4.09. The van der Waals surface area contributed by atoms with Crippen molar-refractivity contribution >= 4 is 29.5 Å². The van der Waals surface area contributed by atoms with Gasteiger partial charge in [-0.3, -0.25) is 0 Å². The molecule has 0 saturated carbocycles. The molecule has 9 heavy (non-hydrogen) atoms. The molecule has 0 aliphatic carbocycles. The van der Waals surface area contributed by atoms with E-state index in [1.807, 2.05) is 0 Å². The highest BCUT2D eigenvalue weighted by Crippen LogP contribution is 2.23. The Morgan fingerprint density at radius 2 is 2.11 bits per heavy atom. The minimum atomic E-state index is -1.30. The summed E-state index contributed by atoms with van der Waals surface area (Å²) in [4.78, 5) is 9.99. The van der Waals surface area contributed by atoms with Crippen LogP contribution in [0.25, 0.3) is 0 Å². The number of aliphatic hydroxyl groups excluding tert-OH is 1. The standard InChI is InChI=1S/C5H8Cl2O2/c6-5(7,4-9)2-1-3-8/h4,8H,1-3H2. The van der Waals surface area contributed by atoms with Gasteiger partial charge in [0.1, 0.15) is 0 Å². The molecule has 0 unspecified atom stereocenters. The van der Waals surface area contributed by atoms with Gasteiger partial charge < -0.3 is 9.90 Å². The van der Waals surface area contributed by atoms with E-state index in [0.717, 1.165) is 0 Å². The Balaban J connectivity index is 3.45. The Kier molecular flexibility index (Phi) is 4.19. The predicted molar refractivity (Wildman–Crippen MR) is 36.8 cm³/mol. The summed E-state index contributed by atoms with van der Waals surface area (Å²) < 4.78 is -1.30. The van der Waals surface area contributed by atoms with E-state index in [9.17, 15) is 4.79 Å². The molecule has 0 spiro atoms. The van der Waals surface area contributed by atoms with E-state index < -0.39 is 4.33 Å². The molecule has 54 valence electrons. The van der Waals surface area contributed by atoms with Gasteiger partial charge in [0.25, 0.3) is 0 Å². The van der Waals surface area contributed by atoms with Gasteiger partial charge in [0.05, 0.1) is 0 Å². The third-order valence-electron chi connectivity index (χ3n) is 0.841. The Morgan fingerprint density at radius 3 is 2.44 bits per heavy atom. The monoisotopic (exact) mass is 170 g/mol. The number of alkyl halides is 2. The van der Waals surface area contributed by atoms with Crippen LogP contribution in [0.2, 0.25) is 0 Å². The zero-order valence-corrected chi connectivity index (χ0v) is 6.32. The fourth-order valence-corrected chi connectivity index (χ4v) is 0.641. The molecule has 0 aromatic rings. The predicted octanol–water partition coefficient (Wildman–Crippen LogP) is 1.13. The molecule has 4 heteroatoms. The highest BCUT2D eigenvalue weighted by molar-refractivity contribution is 6.55. The molecule has 0 aromatic carbocycles. The summed E-state index contributed by atoms with van der Waals surface area (Å²) in [5.41, 5.74) is 0. The normalized spacial score (nSPS) is 11.4. The Morgan fingerprint density at radius 1 is 1.56 bits per heavy atom. The first-order chi connectivity index (χ1) is 4.12. The van der Waals surface area contributed by atoms with Crippen molar-refractivity contribution in [3.63, 3.8) is 0 Å². The van der Waals surface area contributed by atoms with Crippen LogP contribution < -0.4 is 0 Å². The third kappa shape index (κ3) is 4.70. The third-order valence-corrected chi connectivity index (χ3v) is 1.40. The first kappa shape index (κ1) is 9.21. The molecule has 0 aromatic heterocycles. The van der Waals surface area contributed by atoms with Crippen LogP contribution in [0.4, 0.5) is 0 Å². The summed E-state index contributed by atoms with van der Waals surface area (Å²) in [5, 5.41) is 8.29. The number of hydrogen-bond acceptors (Lipinski definition) is 2. The highest BCUT2D eigenvalue weighted by Gasteiger charge is 2.21. The summed E-state index contributed by atoms with van der Waals surface area (Å²) in [6.07, 6.45) is 1.22. The van der Waals surface area contributed by atoms with Crippen molar-refractivity contribution < 1.29 is 9.90 Å². The van der Waals surface area contributed by atoms with Gasteiger partial charge in [0.2, 0.25) is 0 Å². The van der Waals surface area contributed by atoms with Crippen molar-refractivity contribution in [1.82, 2.24) is 0 Å². The lowest BCUT2D eigenvalue weighted by atomic mass is 10.2. The fraction of sp³-hybridized carbons (Fsp3) is 0.800. The number of rotatable bonds is 4. The Hall–Kier alpha value is 0.210. The first-order valence-electron chi connectivity index (χ1n) is 2.57. The lowest BCUT2D eigenvalue weighted by molar-refractivity contribution is -0.108. The van der Waals surface area contributed by atoms with Gasteiger partial charge in [0, 0.05) is 6.61 Å². The van der Waals surface area contributed by atoms with Crippen LogP contribution in [0.3, 0.4) is 0 Å². The van der Waals surface area contributed by atoms with Gasteiger partial charge in [-0.05, 0) is 12.8 Å². The van der Waals surface area contributed by atoms with Crippen molar-refractivity contribution in [3.05, 3.63) is 0 Å². The van der Waals surface area contributed by atoms with Gasteiger partial charge in [-0.15, -0.1) is 0 Å². The highest BCUT2D eigenvalue weighted by atomic mass is 35.5. The average molecular weight is 171 g/mol. The average Bonchev–Trinajstić information content (AvgIpc) is 1.84. The minimum Gasteiger partial charge on any atom is -0.396 e. The fourth-order valence-electron chi connectivity index (χ4n) is 0.374. The molecule has 0 fully saturated rings. The van der Waals surface area contributed by atoms with Crippen LogP contribution in [-0.2, 0) is 4.79 Å². The zero-order chi connectivity index (χ0) is 7.33. The van der Waals surface area contributed by atoms with E-state index in [0.29, 0.717) is 19.1 Å². The molecule has 0 aliphatic rings. The van der Waals surface area contributed by atoms with Crippen LogP contribution in [0, 0.1) is 0 Å². The largest absolute Gasteiger partial charge is 0.396 e. The van der Waals surface area contributed by atoms with Gasteiger partial charge >= 0.3 is 0 Å². The molecule has 0 atom stereocenters. The van der Waals surface area contributed by atoms with Crippen LogP contribution in [-0.4, -0.2) is 22.3 Å². The number of carbonyl (C=O) groups is 1. The summed E-state index contributed by atoms with van der Waals surface area (Å²) in [5.74, 6) is 0. The van der Waals surface area contributed by atoms with E-state index in [2.05, 4.69) is 0 Å². The molecular formula is C5H8Cl2O2. The molecule has 1 N–H and O–H groups in total. The molecule has 0 rings (SSSR count). The molecule has 0 radical (unpaired) electrons. The van der Waals surface area contributed by atoms with E-state index in [1.165, 1.54) is 0 Å². The minimum absolute atomic E-state index is 0.00896. The number of halogens is 2. The van der Waals surface area contributed by atoms with Crippen LogP contribution in [0.1, 0.15) is 12.8 Å². The molecule has 0 heterocycles. The SMILES string of the molecule is O=CC(Cl)(Cl)CCCO. The van der Waals surface area contributed by atoms with Crippen molar-refractivity contribution in [2.75, 3.05) is 6.61 Å². The van der Waals surface area contributed by atoms with Crippen LogP contribution in [0.5, 0.6) is 0 Å². The summed E-state index contributed by atoms with van der Waals surface area (Å²) in [6.45, 7) is 0.00896. The van der Waals surface area contributed by atoms with Crippen molar-refractivity contribution in [3.8, 4) is 0 Å². The lowest BCUT2D eigenvalue weighted by Crippen LogP contribution is -2.14. The summed E-state index contributed by atoms with van der Waals surface area (Å²) in [7, 11) is 0. The van der Waals surface area contributed by atoms with Gasteiger partial charge in [-0.1, -0.05) is 23.2 Å². The van der Waals surface area contributed by atoms with Gasteiger partial charge in [0.15, 0.2) is 10.6 Å². The smallest absolute Gasteiger partial charge is 0.173 e. The molecule has 2 nitrogen and oxygen atoms in total. The molecule has 0 saturated heterocycles. The van der Waals surface area contributed by atoms with Crippen molar-refractivity contribution in [1.29, 1.82) is 0 Å². The number of aldehydes is 1. The Labute approximate surface area is 63.8 Å². The van der Waals surface area contributed by atoms with Crippen molar-refractivity contribution in [2.24, 2.45) is 0 Å². The summed E-state index contributed by atoms with van der Waals surface area (Å²) in [6, 6.07) is 0. The summed E-state index contributed by atoms with van der Waals surface area (Å²) >= 11 is 10.8. The van der Waals surface area contributed by atoms with Crippen molar-refractivity contribution in [2.45, 2.75) is 17.2 Å². The molecule has 0 bridgehead atoms. The van der Waals surface area contributed by atoms with Gasteiger partial charge in [-0.25, -0.2) is 0 Å². The molecule has 0 aliphatic heterocycles. The quantitative estimate of drug-likeness (QED) is 0.508. The molecule has 0 amide bonds. The number of hydrogen-bond donors (Lipinski definition) is 1. The van der Waals surface area contributed by atoms with Gasteiger partial charge in [-0.2, -0.15) is 0 Å². The first-order valence-corrected chi connectivity index (χ1v) is 3.33. The van der Waals surface area contributed by atoms with E-state index in [1.54, 1.807) is 0 Å². The second-order valence-electron chi connectivity index (χ2n) is 1.71. The van der Waals surface area contributed by atoms with E-state index in [-0.39, 0.29) is 6.61 Å². The Bertz CT molecular complexity index is 93.0. The topological polar surface area (TPSA) is 37.3 Å². The number of aliphatic hydroxyl groups is 1. The lowest BCUT2D eigenvalue weighted by Gasteiger charge is -2.08. The molecular weight excluding hydrogens is 163 g/mol. The van der Waals surface area contributed by atoms with Crippen LogP contribution in [0.15, 0.2) is 0 Å². The maximum absolute atomic E-state index is 9.99. The maximum Gasteiger partial charge on any atom is 0.173 e. The van der Waals surface area contributed by atoms with E-state index in [4.69, 9.17) is 28.3 Å². The zero-order valence-electron chi connectivity index (χ0n) is 4.81. The second-order valence-corrected chi connectivity index (χ2v) is 3.25. The van der Waals surface area contributed by atoms with E-state index >= 15 is 0 Å². The maximum atomic E-state index is 9.99.